The van der Waals surface area contributed by atoms with Crippen molar-refractivity contribution in [3.63, 3.8) is 0 Å². The van der Waals surface area contributed by atoms with Crippen LogP contribution in [0.2, 0.25) is 0 Å². The highest BCUT2D eigenvalue weighted by atomic mass is 16.7. The van der Waals surface area contributed by atoms with Gasteiger partial charge in [0.05, 0.1) is 37.6 Å². The molecule has 10 nitrogen and oxygen atoms in total. The molecule has 37 heavy (non-hydrogen) atoms. The number of ketones is 1. The van der Waals surface area contributed by atoms with Crippen LogP contribution in [0.1, 0.15) is 58.1 Å². The fraction of sp³-hybridized carbons (Fsp3) is 0.741. The Balaban J connectivity index is 1.45. The first kappa shape index (κ1) is 23.8. The molecule has 0 radical (unpaired) electrons. The predicted molar refractivity (Wildman–Crippen MR) is 121 cm³/mol. The smallest absolute Gasteiger partial charge is 0.335 e. The van der Waals surface area contributed by atoms with E-state index < -0.39 is 86.8 Å². The van der Waals surface area contributed by atoms with Gasteiger partial charge >= 0.3 is 11.9 Å². The number of carbonyl (C=O) groups excluding carboxylic acids is 3. The van der Waals surface area contributed by atoms with Crippen molar-refractivity contribution in [1.82, 2.24) is 0 Å². The minimum absolute atomic E-state index is 0.0107. The van der Waals surface area contributed by atoms with Crippen molar-refractivity contribution in [2.45, 2.75) is 81.6 Å². The molecule has 200 valence electrons. The third-order valence-corrected chi connectivity index (χ3v) is 11.9. The number of cyclic esters (lactones) is 1. The maximum absolute atomic E-state index is 14.0. The van der Waals surface area contributed by atoms with E-state index in [9.17, 15) is 29.7 Å². The maximum atomic E-state index is 14.0. The normalized spacial score (nSPS) is 55.6. The van der Waals surface area contributed by atoms with E-state index >= 15 is 0 Å². The first-order valence-electron chi connectivity index (χ1n) is 12.9. The Morgan fingerprint density at radius 1 is 1.24 bits per heavy atom. The van der Waals surface area contributed by atoms with Crippen molar-refractivity contribution < 1.29 is 48.3 Å². The lowest BCUT2D eigenvalue weighted by atomic mass is 9.48. The van der Waals surface area contributed by atoms with Gasteiger partial charge in [-0.3, -0.25) is 9.59 Å². The minimum Gasteiger partial charge on any atom is -0.472 e. The largest absolute Gasteiger partial charge is 0.472 e. The van der Waals surface area contributed by atoms with Gasteiger partial charge in [-0.1, -0.05) is 20.8 Å². The fourth-order valence-electron chi connectivity index (χ4n) is 10.6. The van der Waals surface area contributed by atoms with Gasteiger partial charge in [0.1, 0.15) is 23.4 Å². The third kappa shape index (κ3) is 2.11. The van der Waals surface area contributed by atoms with Crippen LogP contribution in [0.15, 0.2) is 23.0 Å². The number of epoxide rings is 1. The quantitative estimate of drug-likeness (QED) is 0.392. The number of hydrogen-bond donors (Lipinski definition) is 3. The van der Waals surface area contributed by atoms with Gasteiger partial charge < -0.3 is 33.9 Å². The third-order valence-electron chi connectivity index (χ3n) is 11.9. The van der Waals surface area contributed by atoms with E-state index in [1.807, 2.05) is 6.92 Å². The van der Waals surface area contributed by atoms with Crippen LogP contribution in [0, 0.1) is 34.0 Å². The molecule has 4 aliphatic carbocycles. The van der Waals surface area contributed by atoms with E-state index in [1.165, 1.54) is 19.6 Å². The first-order valence-corrected chi connectivity index (χ1v) is 12.9. The number of furan rings is 1. The minimum atomic E-state index is -1.66. The summed E-state index contributed by atoms with van der Waals surface area (Å²) in [5.41, 5.74) is -6.52. The summed E-state index contributed by atoms with van der Waals surface area (Å²) in [4.78, 5) is 39.8. The fourth-order valence-corrected chi connectivity index (χ4v) is 10.6. The summed E-state index contributed by atoms with van der Waals surface area (Å²) in [5.74, 6) is -4.48. The number of esters is 2. The number of aliphatic hydroxyl groups excluding tert-OH is 2. The summed E-state index contributed by atoms with van der Waals surface area (Å²) < 4.78 is 22.7. The molecule has 1 aromatic heterocycles. The zero-order chi connectivity index (χ0) is 26.6. The topological polar surface area (TPSA) is 156 Å². The van der Waals surface area contributed by atoms with Crippen LogP contribution in [-0.2, 0) is 28.6 Å². The molecule has 2 spiro atoms. The monoisotopic (exact) mass is 516 g/mol. The number of hydrogen-bond acceptors (Lipinski definition) is 10. The Kier molecular flexibility index (Phi) is 4.17. The average Bonchev–Trinajstić information content (AvgIpc) is 3.11. The summed E-state index contributed by atoms with van der Waals surface area (Å²) >= 11 is 0. The molecule has 10 heteroatoms. The highest BCUT2D eigenvalue weighted by molar-refractivity contribution is 5.93. The number of carbonyl (C=O) groups is 3. The number of Topliss-reactive ketones (excluding diaryl/α,β-unsaturated/α-hetero) is 1. The summed E-state index contributed by atoms with van der Waals surface area (Å²) in [6, 6.07) is 1.74. The van der Waals surface area contributed by atoms with Gasteiger partial charge in [-0.15, -0.1) is 0 Å². The number of ether oxygens (including phenoxy) is 3. The Hall–Kier alpha value is -2.27. The molecule has 2 aliphatic heterocycles. The number of methoxy groups -OCH3 is 1. The van der Waals surface area contributed by atoms with E-state index in [-0.39, 0.29) is 12.8 Å². The molecule has 3 heterocycles. The second-order valence-corrected chi connectivity index (χ2v) is 12.9. The van der Waals surface area contributed by atoms with Crippen LogP contribution in [-0.4, -0.2) is 69.2 Å². The number of fused-ring (bicyclic) bond motifs is 2. The SMILES string of the molecule is COC(=O)[C@@H](O)[C@H]1[C@@]2(C)C[C@]3(O)[C@H](C(=O)[C@H]2O)C24O[C@]25CC(=O)O[C@@H](c2ccoc2)[C@]5(C)CC[C@@H]4[C@]13C. The van der Waals surface area contributed by atoms with E-state index in [1.54, 1.807) is 19.9 Å². The molecule has 1 unspecified atom stereocenters. The molecule has 12 atom stereocenters. The van der Waals surface area contributed by atoms with Gasteiger partial charge in [0.25, 0.3) is 0 Å². The highest BCUT2D eigenvalue weighted by Gasteiger charge is 2.99. The van der Waals surface area contributed by atoms with Gasteiger partial charge in [0.15, 0.2) is 11.9 Å². The average molecular weight is 517 g/mol. The van der Waals surface area contributed by atoms with E-state index in [2.05, 4.69) is 0 Å². The van der Waals surface area contributed by atoms with Crippen molar-refractivity contribution in [3.8, 4) is 0 Å². The Morgan fingerprint density at radius 3 is 2.62 bits per heavy atom. The van der Waals surface area contributed by atoms with Crippen molar-refractivity contribution in [2.75, 3.05) is 7.11 Å². The summed E-state index contributed by atoms with van der Waals surface area (Å²) in [5, 5.41) is 35.2. The van der Waals surface area contributed by atoms with E-state index in [4.69, 9.17) is 18.6 Å². The lowest BCUT2D eigenvalue weighted by Gasteiger charge is -2.54. The predicted octanol–water partition coefficient (Wildman–Crippen LogP) is 1.06. The van der Waals surface area contributed by atoms with Crippen molar-refractivity contribution in [1.29, 1.82) is 0 Å². The molecule has 0 aromatic carbocycles. The lowest BCUT2D eigenvalue weighted by molar-refractivity contribution is -0.185. The standard InChI is InChI=1S/C27H32O10/c1-22-11-25(33)18(15(29)19(22)31)27-13(24(25,3)17(22)16(30)21(32)34-4)5-7-23(2)20(12-6-8-35-10-12)36-14(28)9-26(23,27)37-27/h6,8,10,13,16-20,30-31,33H,5,7,9,11H2,1-4H3/t13-,16+,17+,18+,19-,20+,22-,23+,24-,25+,26+,27?/m1/s1. The van der Waals surface area contributed by atoms with Crippen molar-refractivity contribution >= 4 is 17.7 Å². The van der Waals surface area contributed by atoms with Gasteiger partial charge in [-0.25, -0.2) is 4.79 Å². The summed E-state index contributed by atoms with van der Waals surface area (Å²) in [6.07, 6.45) is 0.133. The van der Waals surface area contributed by atoms with Crippen molar-refractivity contribution in [2.24, 2.45) is 34.0 Å². The molecule has 0 amide bonds. The molecule has 6 aliphatic rings. The summed E-state index contributed by atoms with van der Waals surface area (Å²) in [7, 11) is 1.17. The Morgan fingerprint density at radius 2 is 1.97 bits per heavy atom. The lowest BCUT2D eigenvalue weighted by Crippen LogP contribution is -2.64. The second kappa shape index (κ2) is 6.47. The van der Waals surface area contributed by atoms with Crippen LogP contribution in [0.25, 0.3) is 0 Å². The molecule has 1 aromatic rings. The van der Waals surface area contributed by atoms with Gasteiger partial charge in [0.2, 0.25) is 0 Å². The molecule has 4 saturated carbocycles. The molecular formula is C27H32O10. The molecule has 2 bridgehead atoms. The zero-order valence-corrected chi connectivity index (χ0v) is 21.2. The van der Waals surface area contributed by atoms with E-state index in [0.717, 1.165) is 0 Å². The van der Waals surface area contributed by atoms with Crippen LogP contribution in [0.3, 0.4) is 0 Å². The van der Waals surface area contributed by atoms with Crippen LogP contribution in [0.5, 0.6) is 0 Å². The summed E-state index contributed by atoms with van der Waals surface area (Å²) in [6.45, 7) is 5.44. The maximum Gasteiger partial charge on any atom is 0.335 e. The molecule has 3 N–H and O–H groups in total. The first-order chi connectivity index (χ1) is 17.3. The Bertz CT molecular complexity index is 1240. The molecule has 6 fully saturated rings. The molecule has 2 saturated heterocycles. The highest BCUT2D eigenvalue weighted by Crippen LogP contribution is 2.88. The van der Waals surface area contributed by atoms with Crippen LogP contribution < -0.4 is 0 Å². The number of rotatable bonds is 3. The van der Waals surface area contributed by atoms with Crippen molar-refractivity contribution in [3.05, 3.63) is 24.2 Å². The zero-order valence-electron chi connectivity index (χ0n) is 21.2. The van der Waals surface area contributed by atoms with Crippen LogP contribution in [0.4, 0.5) is 0 Å². The van der Waals surface area contributed by atoms with Gasteiger partial charge in [-0.05, 0) is 25.3 Å². The second-order valence-electron chi connectivity index (χ2n) is 12.9. The van der Waals surface area contributed by atoms with Gasteiger partial charge in [-0.2, -0.15) is 0 Å². The van der Waals surface area contributed by atoms with Gasteiger partial charge in [0, 0.05) is 33.6 Å². The number of aliphatic hydroxyl groups is 3. The van der Waals surface area contributed by atoms with E-state index in [0.29, 0.717) is 18.4 Å². The molecular weight excluding hydrogens is 484 g/mol. The Labute approximate surface area is 213 Å². The molecule has 7 rings (SSSR count). The van der Waals surface area contributed by atoms with Crippen LogP contribution >= 0.6 is 0 Å².